The Balaban J connectivity index is 0.000000436. The van der Waals surface area contributed by atoms with Gasteiger partial charge in [-0.15, -0.1) is 0 Å². The quantitative estimate of drug-likeness (QED) is 0.433. The van der Waals surface area contributed by atoms with Crippen molar-refractivity contribution in [2.75, 3.05) is 13.4 Å². The van der Waals surface area contributed by atoms with Crippen LogP contribution in [0.4, 0.5) is 13.2 Å². The van der Waals surface area contributed by atoms with Gasteiger partial charge >= 0.3 is 6.18 Å². The van der Waals surface area contributed by atoms with E-state index in [1.165, 1.54) is 16.7 Å². The third-order valence-electron chi connectivity index (χ3n) is 4.93. The summed E-state index contributed by atoms with van der Waals surface area (Å²) in [5.41, 5.74) is 4.93. The molecule has 1 aliphatic rings. The van der Waals surface area contributed by atoms with Gasteiger partial charge in [0.05, 0.1) is 0 Å². The number of alkyl halides is 3. The van der Waals surface area contributed by atoms with Crippen LogP contribution in [0.5, 0.6) is 5.75 Å². The lowest BCUT2D eigenvalue weighted by atomic mass is 10.0. The van der Waals surface area contributed by atoms with Crippen LogP contribution in [-0.4, -0.2) is 36.6 Å². The predicted molar refractivity (Wildman–Crippen MR) is 120 cm³/mol. The molecule has 3 rings (SSSR count). The monoisotopic (exact) mass is 452 g/mol. The predicted octanol–water partition coefficient (Wildman–Crippen LogP) is 5.45. The molecule has 0 heterocycles. The minimum Gasteiger partial charge on any atom is -0.468 e. The van der Waals surface area contributed by atoms with Crippen molar-refractivity contribution in [2.45, 2.75) is 45.2 Å². The number of unbranched alkanes of at least 4 members (excludes halogenated alkanes) is 1. The first-order valence-corrected chi connectivity index (χ1v) is 10.4. The molecule has 4 nitrogen and oxygen atoms in total. The van der Waals surface area contributed by atoms with Gasteiger partial charge in [0.25, 0.3) is 0 Å². The van der Waals surface area contributed by atoms with Crippen LogP contribution in [0.25, 0.3) is 12.2 Å². The molecule has 0 amide bonds. The fraction of sp³-hybridized carbons (Fsp3) is 0.400. The molecule has 0 saturated carbocycles. The van der Waals surface area contributed by atoms with E-state index in [1.54, 1.807) is 6.92 Å². The molecule has 176 valence electrons. The van der Waals surface area contributed by atoms with Crippen molar-refractivity contribution in [1.82, 2.24) is 0 Å². The third-order valence-corrected chi connectivity index (χ3v) is 4.93. The van der Waals surface area contributed by atoms with Crippen molar-refractivity contribution >= 4 is 18.9 Å². The fourth-order valence-electron chi connectivity index (χ4n) is 3.40. The lowest BCUT2D eigenvalue weighted by Crippen LogP contribution is -2.05. The van der Waals surface area contributed by atoms with E-state index in [-0.39, 0.29) is 19.8 Å². The molecule has 2 N–H and O–H groups in total. The largest absolute Gasteiger partial charge is 0.468 e. The van der Waals surface area contributed by atoms with Gasteiger partial charge in [-0.3, -0.25) is 0 Å². The maximum absolute atomic E-state index is 11.2. The van der Waals surface area contributed by atoms with E-state index in [9.17, 15) is 18.3 Å². The van der Waals surface area contributed by atoms with Crippen molar-refractivity contribution in [3.05, 3.63) is 64.7 Å². The second kappa shape index (κ2) is 14.4. The summed E-state index contributed by atoms with van der Waals surface area (Å²) in [6.07, 6.45) is 2.35. The standard InChI is InChI=1S/C19H20O3.C5H9F3.CH2O/c20-12-15-9-17-5-2-4-16(19(17)11-15)8-7-14-3-1-6-18(10-14)22-13-21;1-2-3-4-5(6,7)8;1-2/h1-8,10,15,20-21H,9,11-13H2;2-4H2,1H3;1H2/b8-7-;;/t15-;;/m1../s1. The zero-order valence-corrected chi connectivity index (χ0v) is 18.3. The molecule has 7 heteroatoms. The van der Waals surface area contributed by atoms with E-state index in [1.807, 2.05) is 37.1 Å². The van der Waals surface area contributed by atoms with Gasteiger partial charge in [0, 0.05) is 13.0 Å². The zero-order chi connectivity index (χ0) is 24.0. The Morgan fingerprint density at radius 2 is 1.81 bits per heavy atom. The molecule has 0 fully saturated rings. The van der Waals surface area contributed by atoms with Crippen LogP contribution >= 0.6 is 0 Å². The molecule has 0 aliphatic heterocycles. The van der Waals surface area contributed by atoms with Crippen LogP contribution in [0.2, 0.25) is 0 Å². The number of rotatable bonds is 7. The summed E-state index contributed by atoms with van der Waals surface area (Å²) in [5, 5.41) is 18.2. The van der Waals surface area contributed by atoms with Crippen LogP contribution in [0.15, 0.2) is 42.5 Å². The summed E-state index contributed by atoms with van der Waals surface area (Å²) in [6.45, 7) is 3.67. The van der Waals surface area contributed by atoms with Crippen molar-refractivity contribution in [3.63, 3.8) is 0 Å². The summed E-state index contributed by atoms with van der Waals surface area (Å²) >= 11 is 0. The van der Waals surface area contributed by atoms with Crippen molar-refractivity contribution in [3.8, 4) is 5.75 Å². The Kier molecular flexibility index (Phi) is 12.4. The Labute approximate surface area is 187 Å². The fourth-order valence-corrected chi connectivity index (χ4v) is 3.40. The molecular weight excluding hydrogens is 421 g/mol. The number of halogens is 3. The minimum absolute atomic E-state index is 0.248. The number of fused-ring (bicyclic) bond motifs is 1. The molecule has 32 heavy (non-hydrogen) atoms. The Bertz CT molecular complexity index is 834. The molecule has 0 aromatic heterocycles. The number of hydrogen-bond donors (Lipinski definition) is 2. The summed E-state index contributed by atoms with van der Waals surface area (Å²) < 4.78 is 38.8. The first-order valence-electron chi connectivity index (χ1n) is 10.4. The molecule has 1 aliphatic carbocycles. The van der Waals surface area contributed by atoms with Gasteiger partial charge in [-0.2, -0.15) is 13.2 Å². The van der Waals surface area contributed by atoms with Gasteiger partial charge in [0.1, 0.15) is 12.5 Å². The Morgan fingerprint density at radius 1 is 1.09 bits per heavy atom. The molecule has 0 spiro atoms. The number of hydrogen-bond acceptors (Lipinski definition) is 4. The molecule has 0 saturated heterocycles. The van der Waals surface area contributed by atoms with Gasteiger partial charge in [-0.25, -0.2) is 0 Å². The van der Waals surface area contributed by atoms with Gasteiger partial charge in [-0.05, 0) is 59.6 Å². The average Bonchev–Trinajstić information content (AvgIpc) is 3.22. The maximum atomic E-state index is 11.2. The molecule has 2 aromatic rings. The van der Waals surface area contributed by atoms with Crippen LogP contribution < -0.4 is 4.74 Å². The molecular formula is C25H31F3O4. The van der Waals surface area contributed by atoms with Crippen molar-refractivity contribution < 1.29 is 32.9 Å². The van der Waals surface area contributed by atoms with Gasteiger partial charge in [0.15, 0.2) is 6.79 Å². The van der Waals surface area contributed by atoms with Crippen LogP contribution in [-0.2, 0) is 17.6 Å². The van der Waals surface area contributed by atoms with Crippen molar-refractivity contribution in [2.24, 2.45) is 5.92 Å². The highest BCUT2D eigenvalue weighted by molar-refractivity contribution is 5.72. The smallest absolute Gasteiger partial charge is 0.389 e. The second-order valence-corrected chi connectivity index (χ2v) is 7.34. The topological polar surface area (TPSA) is 66.8 Å². The third kappa shape index (κ3) is 9.66. The number of carbonyl (C=O) groups excluding carboxylic acids is 1. The van der Waals surface area contributed by atoms with E-state index in [0.717, 1.165) is 18.4 Å². The van der Waals surface area contributed by atoms with E-state index in [2.05, 4.69) is 24.3 Å². The van der Waals surface area contributed by atoms with Gasteiger partial charge in [0.2, 0.25) is 0 Å². The first-order chi connectivity index (χ1) is 15.4. The highest BCUT2D eigenvalue weighted by Gasteiger charge is 2.25. The SMILES string of the molecule is C=O.CCCCC(F)(F)F.OCOc1cccc(/C=C\c2cccc3c2C[C@H](CO)C3)c1. The minimum atomic E-state index is -3.95. The zero-order valence-electron chi connectivity index (χ0n) is 18.3. The van der Waals surface area contributed by atoms with Crippen LogP contribution in [0.1, 0.15) is 48.4 Å². The summed E-state index contributed by atoms with van der Waals surface area (Å²) in [6, 6.07) is 14.0. The van der Waals surface area contributed by atoms with E-state index >= 15 is 0 Å². The normalized spacial score (nSPS) is 14.8. The molecule has 0 unspecified atom stereocenters. The highest BCUT2D eigenvalue weighted by Crippen LogP contribution is 2.30. The van der Waals surface area contributed by atoms with Gasteiger partial charge < -0.3 is 19.7 Å². The number of aliphatic hydroxyl groups is 2. The van der Waals surface area contributed by atoms with Crippen LogP contribution in [0, 0.1) is 5.92 Å². The summed E-state index contributed by atoms with van der Waals surface area (Å²) in [4.78, 5) is 8.00. The van der Waals surface area contributed by atoms with E-state index < -0.39 is 12.6 Å². The van der Waals surface area contributed by atoms with E-state index in [4.69, 9.17) is 14.6 Å². The molecule has 1 atom stereocenters. The second-order valence-electron chi connectivity index (χ2n) is 7.34. The van der Waals surface area contributed by atoms with E-state index in [0.29, 0.717) is 18.1 Å². The molecule has 0 radical (unpaired) electrons. The van der Waals surface area contributed by atoms with Crippen molar-refractivity contribution in [1.29, 1.82) is 0 Å². The summed E-state index contributed by atoms with van der Waals surface area (Å²) in [5.74, 6) is 1.01. The number of carbonyl (C=O) groups is 1. The van der Waals surface area contributed by atoms with Crippen LogP contribution in [0.3, 0.4) is 0 Å². The lowest BCUT2D eigenvalue weighted by Gasteiger charge is -2.05. The summed E-state index contributed by atoms with van der Waals surface area (Å²) in [7, 11) is 0. The van der Waals surface area contributed by atoms with Gasteiger partial charge in [-0.1, -0.05) is 55.8 Å². The molecule has 2 aromatic carbocycles. The first kappa shape index (κ1) is 27.4. The Morgan fingerprint density at radius 3 is 2.41 bits per heavy atom. The average molecular weight is 453 g/mol. The maximum Gasteiger partial charge on any atom is 0.389 e. The Hall–Kier alpha value is -2.64. The molecule has 0 bridgehead atoms. The number of benzene rings is 2. The lowest BCUT2D eigenvalue weighted by molar-refractivity contribution is -0.135. The highest BCUT2D eigenvalue weighted by atomic mass is 19.4. The number of aliphatic hydroxyl groups excluding tert-OH is 2. The number of ether oxygens (including phenoxy) is 1.